The Hall–Kier alpha value is -3.88. The number of piperazine rings is 1. The molecule has 38 heavy (non-hydrogen) atoms. The summed E-state index contributed by atoms with van der Waals surface area (Å²) in [6.45, 7) is 8.63. The van der Waals surface area contributed by atoms with Crippen LogP contribution in [0.3, 0.4) is 0 Å². The maximum atomic E-state index is 14.2. The van der Waals surface area contributed by atoms with Crippen molar-refractivity contribution in [3.8, 4) is 11.1 Å². The summed E-state index contributed by atoms with van der Waals surface area (Å²) in [5.41, 5.74) is 8.53. The van der Waals surface area contributed by atoms with Gasteiger partial charge in [-0.15, -0.1) is 0 Å². The minimum Gasteiger partial charge on any atom is -0.368 e. The Morgan fingerprint density at radius 1 is 1.05 bits per heavy atom. The van der Waals surface area contributed by atoms with E-state index in [1.165, 1.54) is 18.5 Å². The first-order valence-corrected chi connectivity index (χ1v) is 13.6. The average Bonchev–Trinajstić information content (AvgIpc) is 3.72. The molecule has 190 valence electrons. The number of benzene rings is 2. The molecule has 7 rings (SSSR count). The number of aromatic amines is 1. The lowest BCUT2D eigenvalue weighted by atomic mass is 9.70. The third-order valence-electron chi connectivity index (χ3n) is 8.66. The van der Waals surface area contributed by atoms with Gasteiger partial charge in [0.25, 0.3) is 0 Å². The molecule has 3 aromatic carbocycles. The molecule has 2 heterocycles. The molecule has 2 aliphatic carbocycles. The highest BCUT2D eigenvalue weighted by molar-refractivity contribution is 6.21. The topological polar surface area (TPSA) is 51.7 Å². The van der Waals surface area contributed by atoms with Gasteiger partial charge < -0.3 is 9.88 Å². The number of H-pyrrole nitrogens is 1. The molecule has 1 saturated heterocycles. The molecule has 0 amide bonds. The molecule has 1 saturated carbocycles. The summed E-state index contributed by atoms with van der Waals surface area (Å²) in [4.78, 5) is 27.1. The maximum Gasteiger partial charge on any atom is 0.195 e. The fraction of sp³-hybridized carbons (Fsp3) is 0.333. The minimum absolute atomic E-state index is 0.0868. The number of nitrogens with one attached hydrogen (secondary N) is 1. The van der Waals surface area contributed by atoms with Crippen LogP contribution in [-0.2, 0) is 5.41 Å². The van der Waals surface area contributed by atoms with Crippen molar-refractivity contribution in [1.82, 2.24) is 9.88 Å². The smallest absolute Gasteiger partial charge is 0.195 e. The Morgan fingerprint density at radius 2 is 1.87 bits per heavy atom. The van der Waals surface area contributed by atoms with E-state index >= 15 is 0 Å². The Labute approximate surface area is 224 Å². The van der Waals surface area contributed by atoms with E-state index in [-0.39, 0.29) is 11.2 Å². The van der Waals surface area contributed by atoms with Crippen molar-refractivity contribution in [2.75, 3.05) is 38.1 Å². The number of ketones is 1. The Balaban J connectivity index is 1.39. The van der Waals surface area contributed by atoms with E-state index in [1.807, 2.05) is 24.4 Å². The molecule has 0 atom stereocenters. The molecule has 3 aliphatic rings. The van der Waals surface area contributed by atoms with Gasteiger partial charge in [0.2, 0.25) is 0 Å². The Kier molecular flexibility index (Phi) is 5.25. The third kappa shape index (κ3) is 3.59. The van der Waals surface area contributed by atoms with E-state index in [0.29, 0.717) is 0 Å². The van der Waals surface area contributed by atoms with Gasteiger partial charge in [-0.05, 0) is 54.3 Å². The second kappa shape index (κ2) is 8.58. The zero-order chi connectivity index (χ0) is 26.0. The monoisotopic (exact) mass is 500 g/mol. The van der Waals surface area contributed by atoms with Gasteiger partial charge in [-0.3, -0.25) is 14.7 Å². The third-order valence-corrected chi connectivity index (χ3v) is 8.66. The molecule has 2 fully saturated rings. The van der Waals surface area contributed by atoms with E-state index in [2.05, 4.69) is 76.1 Å². The second-order valence-electron chi connectivity index (χ2n) is 11.4. The molecule has 0 spiro atoms. The van der Waals surface area contributed by atoms with Gasteiger partial charge in [0.15, 0.2) is 5.78 Å². The number of rotatable bonds is 4. The molecule has 0 bridgehead atoms. The highest BCUT2D eigenvalue weighted by atomic mass is 16.1. The summed E-state index contributed by atoms with van der Waals surface area (Å²) in [6.07, 6.45) is 4.53. The molecule has 5 heteroatoms. The largest absolute Gasteiger partial charge is 0.368 e. The lowest BCUT2D eigenvalue weighted by Crippen LogP contribution is -2.47. The van der Waals surface area contributed by atoms with Crippen LogP contribution in [0.2, 0.25) is 0 Å². The van der Waals surface area contributed by atoms with Crippen LogP contribution < -0.4 is 4.90 Å². The van der Waals surface area contributed by atoms with E-state index in [1.54, 1.807) is 7.05 Å². The van der Waals surface area contributed by atoms with Crippen molar-refractivity contribution in [2.45, 2.75) is 38.1 Å². The van der Waals surface area contributed by atoms with Crippen molar-refractivity contribution in [3.63, 3.8) is 0 Å². The van der Waals surface area contributed by atoms with E-state index in [9.17, 15) is 4.79 Å². The fourth-order valence-electron chi connectivity index (χ4n) is 6.47. The first kappa shape index (κ1) is 23.3. The van der Waals surface area contributed by atoms with Crippen LogP contribution in [0, 0.1) is 12.1 Å². The van der Waals surface area contributed by atoms with Crippen molar-refractivity contribution in [2.24, 2.45) is 4.99 Å². The van der Waals surface area contributed by atoms with Crippen molar-refractivity contribution in [3.05, 3.63) is 88.6 Å². The number of nitrogens with zero attached hydrogens (tertiary/aromatic N) is 3. The van der Waals surface area contributed by atoms with E-state index < -0.39 is 0 Å². The zero-order valence-electron chi connectivity index (χ0n) is 22.3. The number of carbonyl (C=O) groups excluding carboxylic acids is 1. The fourth-order valence-corrected chi connectivity index (χ4v) is 6.47. The van der Waals surface area contributed by atoms with Crippen LogP contribution in [0.15, 0.2) is 53.5 Å². The molecule has 1 aromatic heterocycles. The molecular formula is C33H32N4O. The summed E-state index contributed by atoms with van der Waals surface area (Å²) in [7, 11) is 1.77. The number of hydrogen-bond donors (Lipinski definition) is 1. The Morgan fingerprint density at radius 3 is 2.58 bits per heavy atom. The highest BCUT2D eigenvalue weighted by Gasteiger charge is 2.41. The van der Waals surface area contributed by atoms with E-state index in [4.69, 9.17) is 0 Å². The lowest BCUT2D eigenvalue weighted by molar-refractivity contribution is 0.103. The standard InChI is InChI=1S/C33H32N4O/c1-33(2)27-19-29(37-15-13-36(14-16-37)23-10-11-23)25(22-7-5-4-6-8-22)18-26(27)31(38)30-24-12-9-21(20-34-3)17-28(24)35-32(30)33/h4-5,7,9,12,17-20,23,35H,10-11,13-16H2,1-3H3. The second-order valence-corrected chi connectivity index (χ2v) is 11.4. The van der Waals surface area contributed by atoms with Crippen molar-refractivity contribution >= 4 is 28.6 Å². The average molecular weight is 501 g/mol. The molecule has 0 radical (unpaired) electrons. The van der Waals surface area contributed by atoms with Crippen LogP contribution in [0.25, 0.3) is 22.0 Å². The van der Waals surface area contributed by atoms with E-state index in [0.717, 1.165) is 82.2 Å². The number of aliphatic imine (C=N–C) groups is 1. The number of anilines is 1. The van der Waals surface area contributed by atoms with Gasteiger partial charge in [0.1, 0.15) is 0 Å². The van der Waals surface area contributed by atoms with Crippen molar-refractivity contribution in [1.29, 1.82) is 0 Å². The quantitative estimate of drug-likeness (QED) is 0.369. The van der Waals surface area contributed by atoms with Gasteiger partial charge in [0.05, 0.1) is 5.56 Å². The predicted molar refractivity (Wildman–Crippen MR) is 154 cm³/mol. The van der Waals surface area contributed by atoms with Crippen molar-refractivity contribution < 1.29 is 4.79 Å². The number of hydrogen-bond acceptors (Lipinski definition) is 4. The molecule has 4 aromatic rings. The highest BCUT2D eigenvalue weighted by Crippen LogP contribution is 2.47. The first-order chi connectivity index (χ1) is 18.5. The first-order valence-electron chi connectivity index (χ1n) is 13.6. The molecule has 1 aliphatic heterocycles. The summed E-state index contributed by atoms with van der Waals surface area (Å²) in [5, 5.41) is 0.971. The molecular weight excluding hydrogens is 468 g/mol. The zero-order valence-corrected chi connectivity index (χ0v) is 22.3. The molecule has 0 unspecified atom stereocenters. The van der Waals surface area contributed by atoms with Gasteiger partial charge >= 0.3 is 0 Å². The number of aromatic nitrogens is 1. The molecule has 1 N–H and O–H groups in total. The van der Waals surface area contributed by atoms with Gasteiger partial charge in [-0.1, -0.05) is 44.2 Å². The number of carbonyl (C=O) groups is 1. The predicted octanol–water partition coefficient (Wildman–Crippen LogP) is 5.64. The summed E-state index contributed by atoms with van der Waals surface area (Å²) < 4.78 is 0. The van der Waals surface area contributed by atoms with Crippen LogP contribution in [0.5, 0.6) is 0 Å². The lowest BCUT2D eigenvalue weighted by Gasteiger charge is -2.39. The normalized spacial score (nSPS) is 19.0. The van der Waals surface area contributed by atoms with Crippen LogP contribution in [0.1, 0.15) is 59.4 Å². The maximum absolute atomic E-state index is 14.2. The van der Waals surface area contributed by atoms with Gasteiger partial charge in [-0.25, -0.2) is 0 Å². The van der Waals surface area contributed by atoms with Crippen LogP contribution in [-0.4, -0.2) is 61.2 Å². The Bertz CT molecular complexity index is 1580. The molecule has 5 nitrogen and oxygen atoms in total. The van der Waals surface area contributed by atoms with Crippen LogP contribution >= 0.6 is 0 Å². The summed E-state index contributed by atoms with van der Waals surface area (Å²) >= 11 is 0. The van der Waals surface area contributed by atoms with Crippen LogP contribution in [0.4, 0.5) is 5.69 Å². The van der Waals surface area contributed by atoms with Gasteiger partial charge in [0, 0.05) is 89.9 Å². The van der Waals surface area contributed by atoms with Gasteiger partial charge in [-0.2, -0.15) is 0 Å². The SMILES string of the molecule is CN=Cc1ccc2c3c([nH]c2c1)C(C)(C)c1cc(N2CCN(C4CC4)CC2)c(-c2c#cccc2)cc1C3=O. The summed E-state index contributed by atoms with van der Waals surface area (Å²) in [5.74, 6) is 0.0868. The number of fused-ring (bicyclic) bond motifs is 4. The minimum atomic E-state index is -0.355. The summed E-state index contributed by atoms with van der Waals surface area (Å²) in [6, 6.07) is 23.8.